The highest BCUT2D eigenvalue weighted by molar-refractivity contribution is 4.69. The van der Waals surface area contributed by atoms with Crippen LogP contribution in [0.5, 0.6) is 0 Å². The van der Waals surface area contributed by atoms with Crippen molar-refractivity contribution < 1.29 is 15.0 Å². The van der Waals surface area contributed by atoms with E-state index in [0.717, 1.165) is 0 Å². The van der Waals surface area contributed by atoms with Gasteiger partial charge in [0.15, 0.2) is 5.03 Å². The van der Waals surface area contributed by atoms with Crippen LogP contribution in [0.1, 0.15) is 6.42 Å². The Morgan fingerprint density at radius 1 is 1.36 bits per heavy atom. The van der Waals surface area contributed by atoms with Crippen LogP contribution in [0.15, 0.2) is 0 Å². The molecule has 0 radical (unpaired) electrons. The van der Waals surface area contributed by atoms with Gasteiger partial charge in [0, 0.05) is 0 Å². The molecule has 0 atom stereocenters. The SMILES string of the molecule is N#CCCN(CCO[N+](=O)[O-])[N+](=O)[O-]. The summed E-state index contributed by atoms with van der Waals surface area (Å²) in [6, 6.07) is 1.73. The largest absolute Gasteiger partial charge is 0.312 e. The summed E-state index contributed by atoms with van der Waals surface area (Å²) in [4.78, 5) is 23.9. The summed E-state index contributed by atoms with van der Waals surface area (Å²) in [5.41, 5.74) is 0. The Labute approximate surface area is 78.7 Å². The zero-order chi connectivity index (χ0) is 11.0. The Hall–Kier alpha value is -2.11. The normalized spacial score (nSPS) is 8.79. The van der Waals surface area contributed by atoms with E-state index in [-0.39, 0.29) is 26.1 Å². The highest BCUT2D eigenvalue weighted by Gasteiger charge is 2.13. The number of hydrogen-bond acceptors (Lipinski definition) is 6. The molecule has 14 heavy (non-hydrogen) atoms. The maximum Gasteiger partial charge on any atom is 0.294 e. The van der Waals surface area contributed by atoms with Crippen LogP contribution >= 0.6 is 0 Å². The molecular formula is C5H8N4O5. The molecule has 0 aliphatic carbocycles. The number of nitrogens with zero attached hydrogens (tertiary/aromatic N) is 4. The fourth-order valence-corrected chi connectivity index (χ4v) is 0.675. The van der Waals surface area contributed by atoms with Gasteiger partial charge in [-0.05, 0) is 0 Å². The van der Waals surface area contributed by atoms with Crippen molar-refractivity contribution >= 4 is 0 Å². The third kappa shape index (κ3) is 5.53. The molecule has 0 saturated heterocycles. The molecule has 9 nitrogen and oxygen atoms in total. The van der Waals surface area contributed by atoms with Crippen LogP contribution in [0.3, 0.4) is 0 Å². The van der Waals surface area contributed by atoms with Gasteiger partial charge in [-0.3, -0.25) is 0 Å². The molecule has 0 rings (SSSR count). The highest BCUT2D eigenvalue weighted by Crippen LogP contribution is 1.91. The lowest BCUT2D eigenvalue weighted by Gasteiger charge is -2.11. The lowest BCUT2D eigenvalue weighted by atomic mass is 10.4. The predicted octanol–water partition coefficient (Wildman–Crippen LogP) is -0.398. The van der Waals surface area contributed by atoms with Crippen LogP contribution in [-0.2, 0) is 4.84 Å². The molecule has 0 heterocycles. The molecule has 0 N–H and O–H groups in total. The minimum absolute atomic E-state index is 0.0144. The number of nitriles is 1. The van der Waals surface area contributed by atoms with Crippen LogP contribution < -0.4 is 0 Å². The van der Waals surface area contributed by atoms with Gasteiger partial charge in [0.05, 0.1) is 19.0 Å². The third-order valence-corrected chi connectivity index (χ3v) is 1.26. The monoisotopic (exact) mass is 204 g/mol. The van der Waals surface area contributed by atoms with Crippen LogP contribution in [0.25, 0.3) is 0 Å². The van der Waals surface area contributed by atoms with Gasteiger partial charge in [0.25, 0.3) is 5.09 Å². The molecule has 0 aliphatic heterocycles. The summed E-state index contributed by atoms with van der Waals surface area (Å²) in [5.74, 6) is 0. The quantitative estimate of drug-likeness (QED) is 0.408. The second kappa shape index (κ2) is 6.41. The molecule has 0 saturated carbocycles. The van der Waals surface area contributed by atoms with Crippen molar-refractivity contribution in [1.82, 2.24) is 5.01 Å². The molecule has 0 aliphatic rings. The van der Waals surface area contributed by atoms with Crippen molar-refractivity contribution in [2.45, 2.75) is 6.42 Å². The fraction of sp³-hybridized carbons (Fsp3) is 0.800. The van der Waals surface area contributed by atoms with E-state index in [0.29, 0.717) is 5.01 Å². The Bertz CT molecular complexity index is 249. The molecule has 0 amide bonds. The summed E-state index contributed by atoms with van der Waals surface area (Å²) in [6.45, 7) is -0.695. The topological polar surface area (TPSA) is 123 Å². The average Bonchev–Trinajstić information content (AvgIpc) is 2.09. The second-order valence-electron chi connectivity index (χ2n) is 2.16. The molecule has 0 aromatic rings. The standard InChI is InChI=1S/C5H8N4O5/c6-2-1-3-7(8(10)11)4-5-14-9(12)13/h1,3-5H2. The second-order valence-corrected chi connectivity index (χ2v) is 2.16. The Kier molecular flexibility index (Phi) is 5.44. The summed E-state index contributed by atoms with van der Waals surface area (Å²) in [7, 11) is 0. The van der Waals surface area contributed by atoms with Gasteiger partial charge in [0.1, 0.15) is 13.2 Å². The van der Waals surface area contributed by atoms with Crippen molar-refractivity contribution in [2.24, 2.45) is 0 Å². The van der Waals surface area contributed by atoms with Crippen LogP contribution in [0, 0.1) is 31.6 Å². The number of nitro groups is 1. The maximum atomic E-state index is 10.3. The van der Waals surface area contributed by atoms with Gasteiger partial charge in [-0.15, -0.1) is 15.1 Å². The molecule has 0 unspecified atom stereocenters. The smallest absolute Gasteiger partial charge is 0.294 e. The van der Waals surface area contributed by atoms with Crippen molar-refractivity contribution in [3.05, 3.63) is 20.2 Å². The zero-order valence-corrected chi connectivity index (χ0v) is 7.16. The first-order valence-corrected chi connectivity index (χ1v) is 3.61. The minimum atomic E-state index is -1.03. The first kappa shape index (κ1) is 11.9. The Morgan fingerprint density at radius 3 is 2.43 bits per heavy atom. The number of rotatable bonds is 7. The van der Waals surface area contributed by atoms with Crippen molar-refractivity contribution in [2.75, 3.05) is 19.7 Å². The molecule has 0 fully saturated rings. The van der Waals surface area contributed by atoms with E-state index >= 15 is 0 Å². The van der Waals surface area contributed by atoms with Gasteiger partial charge in [0.2, 0.25) is 0 Å². The average molecular weight is 204 g/mol. The lowest BCUT2D eigenvalue weighted by Crippen LogP contribution is -2.34. The lowest BCUT2D eigenvalue weighted by molar-refractivity contribution is -0.761. The van der Waals surface area contributed by atoms with Gasteiger partial charge in [-0.2, -0.15) is 5.26 Å². The molecule has 0 aromatic carbocycles. The van der Waals surface area contributed by atoms with E-state index in [2.05, 4.69) is 4.84 Å². The maximum absolute atomic E-state index is 10.3. The summed E-state index contributed by atoms with van der Waals surface area (Å²) < 4.78 is 0. The molecule has 0 spiro atoms. The predicted molar refractivity (Wildman–Crippen MR) is 41.7 cm³/mol. The Balaban J connectivity index is 3.80. The zero-order valence-electron chi connectivity index (χ0n) is 7.16. The minimum Gasteiger partial charge on any atom is -0.312 e. The number of hydrazine groups is 1. The molecule has 0 bridgehead atoms. The van der Waals surface area contributed by atoms with Crippen molar-refractivity contribution in [3.63, 3.8) is 0 Å². The van der Waals surface area contributed by atoms with E-state index in [1.807, 2.05) is 0 Å². The molecule has 78 valence electrons. The van der Waals surface area contributed by atoms with E-state index in [4.69, 9.17) is 5.26 Å². The summed E-state index contributed by atoms with van der Waals surface area (Å²) >= 11 is 0. The number of hydrogen-bond donors (Lipinski definition) is 0. The molecular weight excluding hydrogens is 196 g/mol. The van der Waals surface area contributed by atoms with Gasteiger partial charge >= 0.3 is 0 Å². The van der Waals surface area contributed by atoms with Gasteiger partial charge in [-0.25, -0.2) is 10.1 Å². The van der Waals surface area contributed by atoms with Crippen LogP contribution in [0.2, 0.25) is 0 Å². The van der Waals surface area contributed by atoms with E-state index < -0.39 is 10.1 Å². The van der Waals surface area contributed by atoms with E-state index in [9.17, 15) is 20.2 Å². The first-order valence-electron chi connectivity index (χ1n) is 3.61. The molecule has 0 aromatic heterocycles. The van der Waals surface area contributed by atoms with Crippen LogP contribution in [0.4, 0.5) is 0 Å². The van der Waals surface area contributed by atoms with Crippen molar-refractivity contribution in [3.8, 4) is 6.07 Å². The Morgan fingerprint density at radius 2 is 2.00 bits per heavy atom. The van der Waals surface area contributed by atoms with Crippen molar-refractivity contribution in [1.29, 1.82) is 5.26 Å². The summed E-state index contributed by atoms with van der Waals surface area (Å²) in [5, 5.41) is 27.1. The van der Waals surface area contributed by atoms with Gasteiger partial charge in [-0.1, -0.05) is 0 Å². The molecule has 9 heteroatoms. The van der Waals surface area contributed by atoms with E-state index in [1.165, 1.54) is 0 Å². The summed E-state index contributed by atoms with van der Waals surface area (Å²) in [6.07, 6.45) is -0.0144. The first-order chi connectivity index (χ1) is 6.57. The van der Waals surface area contributed by atoms with Crippen LogP contribution in [-0.4, -0.2) is 34.8 Å². The highest BCUT2D eigenvalue weighted by atomic mass is 16.9. The van der Waals surface area contributed by atoms with Gasteiger partial charge < -0.3 is 4.84 Å². The van der Waals surface area contributed by atoms with E-state index in [1.54, 1.807) is 6.07 Å². The fourth-order valence-electron chi connectivity index (χ4n) is 0.675. The third-order valence-electron chi connectivity index (χ3n) is 1.26.